The molecule has 0 aliphatic carbocycles. The number of morpholine rings is 1. The molecule has 2 atom stereocenters. The third kappa shape index (κ3) is 6.70. The van der Waals surface area contributed by atoms with Crippen LogP contribution < -0.4 is 10.1 Å². The molecule has 1 aromatic carbocycles. The van der Waals surface area contributed by atoms with Gasteiger partial charge in [-0.2, -0.15) is 0 Å². The van der Waals surface area contributed by atoms with Crippen LogP contribution in [-0.4, -0.2) is 100 Å². The quantitative estimate of drug-likeness (QED) is 0.331. The molecule has 30 heavy (non-hydrogen) atoms. The zero-order chi connectivity index (χ0) is 20.6. The van der Waals surface area contributed by atoms with Gasteiger partial charge in [0.1, 0.15) is 5.75 Å². The number of ether oxygens (including phenoxy) is 2. The number of methoxy groups -OCH3 is 1. The minimum absolute atomic E-state index is 0. The van der Waals surface area contributed by atoms with Gasteiger partial charge in [0.15, 0.2) is 5.96 Å². The van der Waals surface area contributed by atoms with Crippen LogP contribution >= 0.6 is 24.0 Å². The normalized spacial score (nSPS) is 21.4. The highest BCUT2D eigenvalue weighted by Gasteiger charge is 2.30. The van der Waals surface area contributed by atoms with Gasteiger partial charge in [-0.05, 0) is 45.1 Å². The predicted octanol–water partition coefficient (Wildman–Crippen LogP) is 2.29. The van der Waals surface area contributed by atoms with Gasteiger partial charge in [0.25, 0.3) is 0 Å². The third-order valence-electron chi connectivity index (χ3n) is 5.90. The van der Waals surface area contributed by atoms with Crippen LogP contribution in [0.2, 0.25) is 0 Å². The summed E-state index contributed by atoms with van der Waals surface area (Å²) in [6.45, 7) is 9.65. The van der Waals surface area contributed by atoms with E-state index in [-0.39, 0.29) is 30.0 Å². The molecule has 8 heteroatoms. The van der Waals surface area contributed by atoms with Gasteiger partial charge in [0.05, 0.1) is 32.9 Å². The topological polar surface area (TPSA) is 52.6 Å². The Morgan fingerprint density at radius 1 is 1.23 bits per heavy atom. The molecule has 2 aliphatic heterocycles. The van der Waals surface area contributed by atoms with Crippen molar-refractivity contribution < 1.29 is 9.47 Å². The number of nitrogens with zero attached hydrogens (tertiary/aromatic N) is 4. The molecular formula is C22H38IN5O2. The van der Waals surface area contributed by atoms with Crippen molar-refractivity contribution in [2.45, 2.75) is 25.4 Å². The summed E-state index contributed by atoms with van der Waals surface area (Å²) in [5, 5.41) is 3.51. The second-order valence-corrected chi connectivity index (χ2v) is 7.98. The van der Waals surface area contributed by atoms with Crippen molar-refractivity contribution in [3.8, 4) is 5.75 Å². The Kier molecular flexibility index (Phi) is 10.6. The fourth-order valence-corrected chi connectivity index (χ4v) is 4.17. The molecule has 0 spiro atoms. The molecule has 0 radical (unpaired) electrons. The molecule has 2 aliphatic rings. The molecule has 170 valence electrons. The number of likely N-dealkylation sites (tertiary alicyclic amines) is 1. The first-order valence-corrected chi connectivity index (χ1v) is 10.8. The maximum absolute atomic E-state index is 5.51. The number of likely N-dealkylation sites (N-methyl/N-ethyl adjacent to an activating group) is 1. The molecule has 7 nitrogen and oxygen atoms in total. The first-order chi connectivity index (χ1) is 14.1. The number of hydrogen-bond donors (Lipinski definition) is 1. The van der Waals surface area contributed by atoms with Gasteiger partial charge >= 0.3 is 0 Å². The van der Waals surface area contributed by atoms with Crippen molar-refractivity contribution in [2.75, 3.05) is 73.7 Å². The Morgan fingerprint density at radius 3 is 2.53 bits per heavy atom. The largest absolute Gasteiger partial charge is 0.497 e. The number of halogens is 1. The molecule has 2 unspecified atom stereocenters. The van der Waals surface area contributed by atoms with E-state index in [1.54, 1.807) is 7.11 Å². The first kappa shape index (κ1) is 25.2. The van der Waals surface area contributed by atoms with E-state index < -0.39 is 0 Å². The highest BCUT2D eigenvalue weighted by atomic mass is 127. The van der Waals surface area contributed by atoms with Crippen LogP contribution in [0.5, 0.6) is 5.75 Å². The highest BCUT2D eigenvalue weighted by molar-refractivity contribution is 14.0. The van der Waals surface area contributed by atoms with Crippen molar-refractivity contribution >= 4 is 29.9 Å². The average molecular weight is 531 g/mol. The summed E-state index contributed by atoms with van der Waals surface area (Å²) in [6.07, 6.45) is 1.19. The molecule has 0 bridgehead atoms. The van der Waals surface area contributed by atoms with Crippen LogP contribution in [0.1, 0.15) is 24.9 Å². The van der Waals surface area contributed by atoms with Crippen molar-refractivity contribution in [3.05, 3.63) is 29.8 Å². The second-order valence-electron chi connectivity index (χ2n) is 7.98. The van der Waals surface area contributed by atoms with E-state index in [0.717, 1.165) is 64.2 Å². The summed E-state index contributed by atoms with van der Waals surface area (Å²) in [4.78, 5) is 12.3. The molecule has 2 saturated heterocycles. The van der Waals surface area contributed by atoms with Gasteiger partial charge in [-0.15, -0.1) is 24.0 Å². The Bertz CT molecular complexity index is 649. The summed E-state index contributed by atoms with van der Waals surface area (Å²) in [6, 6.07) is 9.15. The maximum atomic E-state index is 5.51. The van der Waals surface area contributed by atoms with E-state index >= 15 is 0 Å². The fraction of sp³-hybridized carbons (Fsp3) is 0.682. The number of benzene rings is 1. The average Bonchev–Trinajstić information content (AvgIpc) is 3.24. The Balaban J connectivity index is 0.00000320. The predicted molar refractivity (Wildman–Crippen MR) is 133 cm³/mol. The lowest BCUT2D eigenvalue weighted by Gasteiger charge is -2.32. The summed E-state index contributed by atoms with van der Waals surface area (Å²) < 4.78 is 10.8. The molecule has 0 amide bonds. The third-order valence-corrected chi connectivity index (χ3v) is 5.90. The van der Waals surface area contributed by atoms with Crippen LogP contribution in [0.4, 0.5) is 0 Å². The van der Waals surface area contributed by atoms with Crippen LogP contribution in [0.15, 0.2) is 29.3 Å². The van der Waals surface area contributed by atoms with Crippen LogP contribution in [0, 0.1) is 0 Å². The van der Waals surface area contributed by atoms with Crippen molar-refractivity contribution in [1.82, 2.24) is 20.0 Å². The van der Waals surface area contributed by atoms with E-state index in [9.17, 15) is 0 Å². The van der Waals surface area contributed by atoms with E-state index in [0.29, 0.717) is 6.04 Å². The number of hydrogen-bond acceptors (Lipinski definition) is 5. The van der Waals surface area contributed by atoms with E-state index in [4.69, 9.17) is 14.5 Å². The smallest absolute Gasteiger partial charge is 0.194 e. The van der Waals surface area contributed by atoms with E-state index in [1.165, 1.54) is 12.0 Å². The second kappa shape index (κ2) is 12.7. The SMILES string of the molecule is CCNC(=NCC(c1ccc(OC)cc1)N(C)C)N1CCC(N2CCOCC2)C1.I. The molecule has 1 aromatic rings. The van der Waals surface area contributed by atoms with E-state index in [1.807, 2.05) is 12.1 Å². The van der Waals surface area contributed by atoms with Gasteiger partial charge in [0.2, 0.25) is 0 Å². The number of nitrogens with one attached hydrogen (secondary N) is 1. The summed E-state index contributed by atoms with van der Waals surface area (Å²) >= 11 is 0. The van der Waals surface area contributed by atoms with Crippen LogP contribution in [0.25, 0.3) is 0 Å². The standard InChI is InChI=1S/C22H37N5O2.HI/c1-5-23-22(27-11-10-19(17-27)26-12-14-29-15-13-26)24-16-21(25(2)3)18-6-8-20(28-4)9-7-18;/h6-9,19,21H,5,10-17H2,1-4H3,(H,23,24);1H. The van der Waals surface area contributed by atoms with Crippen LogP contribution in [-0.2, 0) is 4.74 Å². The van der Waals surface area contributed by atoms with Crippen molar-refractivity contribution in [3.63, 3.8) is 0 Å². The lowest BCUT2D eigenvalue weighted by atomic mass is 10.1. The summed E-state index contributed by atoms with van der Waals surface area (Å²) in [5.74, 6) is 1.91. The van der Waals surface area contributed by atoms with Crippen molar-refractivity contribution in [1.29, 1.82) is 0 Å². The van der Waals surface area contributed by atoms with Gasteiger partial charge in [-0.3, -0.25) is 9.89 Å². The van der Waals surface area contributed by atoms with Gasteiger partial charge in [-0.1, -0.05) is 12.1 Å². The Hall–Kier alpha value is -1.10. The van der Waals surface area contributed by atoms with Gasteiger partial charge < -0.3 is 24.6 Å². The lowest BCUT2D eigenvalue weighted by Crippen LogP contribution is -2.46. The molecule has 1 N–H and O–H groups in total. The number of aliphatic imine (C=N–C) groups is 1. The monoisotopic (exact) mass is 531 g/mol. The zero-order valence-electron chi connectivity index (χ0n) is 18.8. The Morgan fingerprint density at radius 2 is 1.93 bits per heavy atom. The number of guanidine groups is 1. The van der Waals surface area contributed by atoms with Crippen molar-refractivity contribution in [2.24, 2.45) is 4.99 Å². The highest BCUT2D eigenvalue weighted by Crippen LogP contribution is 2.22. The van der Waals surface area contributed by atoms with Gasteiger partial charge in [0, 0.05) is 38.8 Å². The molecular weight excluding hydrogens is 493 g/mol. The van der Waals surface area contributed by atoms with E-state index in [2.05, 4.69) is 53.2 Å². The molecule has 0 aromatic heterocycles. The zero-order valence-corrected chi connectivity index (χ0v) is 21.2. The van der Waals surface area contributed by atoms with Crippen LogP contribution in [0.3, 0.4) is 0 Å². The minimum atomic E-state index is 0. The Labute approximate surface area is 198 Å². The minimum Gasteiger partial charge on any atom is -0.497 e. The fourth-order valence-electron chi connectivity index (χ4n) is 4.17. The molecule has 3 rings (SSSR count). The summed E-state index contributed by atoms with van der Waals surface area (Å²) in [5.41, 5.74) is 1.25. The molecule has 2 fully saturated rings. The maximum Gasteiger partial charge on any atom is 0.194 e. The summed E-state index contributed by atoms with van der Waals surface area (Å²) in [7, 11) is 5.93. The number of rotatable bonds is 7. The molecule has 2 heterocycles. The lowest BCUT2D eigenvalue weighted by molar-refractivity contribution is 0.0195. The van der Waals surface area contributed by atoms with Gasteiger partial charge in [-0.25, -0.2) is 0 Å². The molecule has 0 saturated carbocycles. The first-order valence-electron chi connectivity index (χ1n) is 10.8.